The molecule has 744 valence electrons. The van der Waals surface area contributed by atoms with Crippen LogP contribution in [0.3, 0.4) is 0 Å². The van der Waals surface area contributed by atoms with Crippen molar-refractivity contribution in [2.75, 3.05) is 19.6 Å². The van der Waals surface area contributed by atoms with Gasteiger partial charge in [0.2, 0.25) is 0 Å². The molecular formula is C108H229N13O2S. The maximum Gasteiger partial charge on any atom is 0.197 e. The van der Waals surface area contributed by atoms with E-state index < -0.39 is 0 Å². The molecule has 3 aliphatic heterocycles. The number of aryl methyl sites for hydroxylation is 3. The van der Waals surface area contributed by atoms with Gasteiger partial charge >= 0.3 is 0 Å². The zero-order valence-corrected chi connectivity index (χ0v) is 96.4. The van der Waals surface area contributed by atoms with E-state index in [1.807, 2.05) is 261 Å². The summed E-state index contributed by atoms with van der Waals surface area (Å²) in [6.45, 7) is 133. The van der Waals surface area contributed by atoms with Gasteiger partial charge in [-0.05, 0) is 116 Å². The summed E-state index contributed by atoms with van der Waals surface area (Å²) >= 11 is 1.96. The highest BCUT2D eigenvalue weighted by Gasteiger charge is 2.33. The van der Waals surface area contributed by atoms with E-state index in [4.69, 9.17) is 13.8 Å². The van der Waals surface area contributed by atoms with Crippen LogP contribution in [0.15, 0.2) is 8.83 Å². The molecule has 3 aliphatic carbocycles. The number of aromatic amines is 2. The summed E-state index contributed by atoms with van der Waals surface area (Å²) in [4.78, 5) is 43.7. The van der Waals surface area contributed by atoms with Gasteiger partial charge in [-0.15, -0.1) is 11.3 Å². The van der Waals surface area contributed by atoms with Gasteiger partial charge in [-0.3, -0.25) is 14.7 Å². The topological polar surface area (TPSA) is 163 Å². The highest BCUT2D eigenvalue weighted by Crippen LogP contribution is 2.43. The zero-order valence-electron chi connectivity index (χ0n) is 95.6. The molecular weight excluding hydrogens is 1540 g/mol. The van der Waals surface area contributed by atoms with Crippen molar-refractivity contribution < 1.29 is 8.83 Å². The summed E-state index contributed by atoms with van der Waals surface area (Å²) in [6.07, 6.45) is 10.7. The Kier molecular flexibility index (Phi) is 111. The molecule has 0 saturated carbocycles. The predicted molar refractivity (Wildman–Crippen MR) is 567 cm³/mol. The SMILES string of the molecule is CC.CC.CC.CC.CC.CC.CC.CC.CC.CC.CC.CC.CC.CC.CC.CC.CC.CC.CC(C)c1nc2c([nH]1)CC(C(C)C)CC2.CC(C)c1nc2c([nH]1)CN(C(C)C)CC2.CC(C)c1nc2c(o1)C(C(C)C)CC2.CC(C)c1nc2c(o1)CN(C(C)C)CC2.CC(C)c1nc2c(s1)C(C(C)C)CC2.CC(C)c1nc2n(n1)CCN(C(C)C)C2. The van der Waals surface area contributed by atoms with Crippen LogP contribution in [0.4, 0.5) is 0 Å². The number of imidazole rings is 2. The standard InChI is InChI=1S/C13H22N2.C12H21N3.C12H20N2O.C12H19NO.C12H19NS.C11H20N4.18C2H6/c1-8(2)10-5-6-11-12(7-10)15-13(14-11)9(3)4;1-8(2)12-13-10-5-6-15(9(3)4)7-11(10)14-12;1-8(2)12-13-10-5-6-14(9(3)4)7-11(10)15-12;2*1-7(2)9-5-6-10-11(9)14-12(13-10)8(3)4;1-8(2)11-12-10-7-14(9(3)4)5-6-15(10)13-11;18*1-2/h8-10H,5-7H2,1-4H3,(H,14,15);8-9H,5-7H2,1-4H3,(H,13,14);8-9H,5-7H2,1-4H3;2*7-9H,5-6H2,1-4H3;8-9H,5-7H2,1-4H3;18*1-2H3. The largest absolute Gasteiger partial charge is 0.445 e. The lowest BCUT2D eigenvalue weighted by Crippen LogP contribution is -2.38. The summed E-state index contributed by atoms with van der Waals surface area (Å²) < 4.78 is 13.7. The smallest absolute Gasteiger partial charge is 0.197 e. The Morgan fingerprint density at radius 1 is 0.315 bits per heavy atom. The van der Waals surface area contributed by atoms with Crippen molar-refractivity contribution in [2.45, 2.75) is 565 Å². The van der Waals surface area contributed by atoms with Gasteiger partial charge in [0.15, 0.2) is 17.6 Å². The highest BCUT2D eigenvalue weighted by atomic mass is 32.1. The second kappa shape index (κ2) is 94.6. The average molecular weight is 1770 g/mol. The molecule has 2 N–H and O–H groups in total. The summed E-state index contributed by atoms with van der Waals surface area (Å²) in [7, 11) is 0. The number of thiazole rings is 1. The zero-order chi connectivity index (χ0) is 101. The van der Waals surface area contributed by atoms with Crippen LogP contribution in [0, 0.1) is 23.7 Å². The molecule has 0 saturated heterocycles. The van der Waals surface area contributed by atoms with Crippen LogP contribution in [0.1, 0.15) is 578 Å². The molecule has 0 aromatic carbocycles. The Labute approximate surface area is 784 Å². The summed E-state index contributed by atoms with van der Waals surface area (Å²) in [5, 5.41) is 5.86. The molecule has 12 rings (SSSR count). The second-order valence-corrected chi connectivity index (χ2v) is 31.1. The lowest BCUT2D eigenvalue weighted by Gasteiger charge is -2.29. The molecule has 16 heteroatoms. The number of H-pyrrole nitrogens is 2. The minimum atomic E-state index is 0.392. The van der Waals surface area contributed by atoms with E-state index in [2.05, 4.69) is 226 Å². The molecule has 6 aromatic rings. The molecule has 3 atom stereocenters. The van der Waals surface area contributed by atoms with E-state index in [0.29, 0.717) is 65.5 Å². The molecule has 0 amide bonds. The second-order valence-electron chi connectivity index (χ2n) is 30.0. The van der Waals surface area contributed by atoms with Gasteiger partial charge in [-0.1, -0.05) is 374 Å². The van der Waals surface area contributed by atoms with Crippen molar-refractivity contribution in [3.63, 3.8) is 0 Å². The van der Waals surface area contributed by atoms with Crippen LogP contribution in [0.5, 0.6) is 0 Å². The summed E-state index contributed by atoms with van der Waals surface area (Å²) in [5.74, 6) is 15.8. The minimum Gasteiger partial charge on any atom is -0.445 e. The van der Waals surface area contributed by atoms with Crippen molar-refractivity contribution >= 4 is 11.3 Å². The van der Waals surface area contributed by atoms with Gasteiger partial charge in [0, 0.05) is 109 Å². The number of nitrogens with one attached hydrogen (secondary N) is 2. The van der Waals surface area contributed by atoms with Gasteiger partial charge in [-0.2, -0.15) is 5.10 Å². The van der Waals surface area contributed by atoms with E-state index in [0.717, 1.165) is 124 Å². The van der Waals surface area contributed by atoms with Gasteiger partial charge in [0.05, 0.1) is 58.8 Å². The molecule has 6 aromatic heterocycles. The van der Waals surface area contributed by atoms with Crippen LogP contribution in [0.2, 0.25) is 0 Å². The van der Waals surface area contributed by atoms with Crippen molar-refractivity contribution in [3.8, 4) is 0 Å². The van der Waals surface area contributed by atoms with Gasteiger partial charge in [-0.25, -0.2) is 34.6 Å². The number of fused-ring (bicyclic) bond motifs is 6. The number of hydrogen-bond donors (Lipinski definition) is 2. The van der Waals surface area contributed by atoms with Crippen LogP contribution >= 0.6 is 11.3 Å². The number of oxazole rings is 2. The van der Waals surface area contributed by atoms with E-state index in [1.165, 1.54) is 95.0 Å². The average Bonchev–Trinajstić information content (AvgIpc) is 1.65. The monoisotopic (exact) mass is 1770 g/mol. The molecule has 124 heavy (non-hydrogen) atoms. The van der Waals surface area contributed by atoms with Crippen molar-refractivity contribution in [1.82, 2.24) is 64.4 Å². The fourth-order valence-electron chi connectivity index (χ4n) is 12.5. The fraction of sp³-hybridized carbons (Fsp3) is 0.843. The first-order chi connectivity index (χ1) is 59.5. The van der Waals surface area contributed by atoms with Crippen LogP contribution < -0.4 is 0 Å². The van der Waals surface area contributed by atoms with Crippen molar-refractivity contribution in [3.05, 3.63) is 96.3 Å². The van der Waals surface area contributed by atoms with Gasteiger partial charge in [0.1, 0.15) is 29.0 Å². The lowest BCUT2D eigenvalue weighted by molar-refractivity contribution is 0.167. The molecule has 0 radical (unpaired) electrons. The highest BCUT2D eigenvalue weighted by molar-refractivity contribution is 7.12. The van der Waals surface area contributed by atoms with Gasteiger partial charge in [0.25, 0.3) is 0 Å². The third kappa shape index (κ3) is 55.5. The Balaban J connectivity index is -0.000000113. The molecule has 6 aliphatic rings. The lowest BCUT2D eigenvalue weighted by atomic mass is 9.82. The van der Waals surface area contributed by atoms with E-state index in [1.54, 1.807) is 4.88 Å². The third-order valence-corrected chi connectivity index (χ3v) is 20.4. The predicted octanol–water partition coefficient (Wildman–Crippen LogP) is 35.7. The third-order valence-electron chi connectivity index (χ3n) is 18.8. The number of hydrogen-bond acceptors (Lipinski definition) is 13. The Morgan fingerprint density at radius 2 is 0.685 bits per heavy atom. The maximum absolute atomic E-state index is 5.85. The molecule has 0 spiro atoms. The Morgan fingerprint density at radius 3 is 1.08 bits per heavy atom. The maximum atomic E-state index is 5.85. The van der Waals surface area contributed by atoms with Crippen LogP contribution in [0.25, 0.3) is 0 Å². The van der Waals surface area contributed by atoms with Crippen molar-refractivity contribution in [1.29, 1.82) is 0 Å². The molecule has 3 unspecified atom stereocenters. The summed E-state index contributed by atoms with van der Waals surface area (Å²) in [5.41, 5.74) is 9.15. The first-order valence-electron chi connectivity index (χ1n) is 52.8. The fourth-order valence-corrected chi connectivity index (χ4v) is 13.9. The molecule has 15 nitrogen and oxygen atoms in total. The van der Waals surface area contributed by atoms with E-state index in [-0.39, 0.29) is 0 Å². The number of nitrogens with zero attached hydrogens (tertiary/aromatic N) is 11. The first kappa shape index (κ1) is 145. The molecule has 0 bridgehead atoms. The van der Waals surface area contributed by atoms with Crippen LogP contribution in [-0.4, -0.2) is 102 Å². The van der Waals surface area contributed by atoms with Crippen LogP contribution in [-0.2, 0) is 64.7 Å². The van der Waals surface area contributed by atoms with E-state index >= 15 is 0 Å². The quantitative estimate of drug-likeness (QED) is 0.119. The normalized spacial score (nSPS) is 14.5. The minimum absolute atomic E-state index is 0.392. The number of aromatic nitrogens is 10. The Bertz CT molecular complexity index is 2730. The molecule has 0 fully saturated rings. The van der Waals surface area contributed by atoms with E-state index in [9.17, 15) is 0 Å². The molecule has 9 heterocycles. The number of rotatable bonds is 12. The van der Waals surface area contributed by atoms with Gasteiger partial charge < -0.3 is 18.8 Å². The first-order valence-corrected chi connectivity index (χ1v) is 53.6. The Hall–Kier alpha value is -4.51. The van der Waals surface area contributed by atoms with Crippen molar-refractivity contribution in [2.24, 2.45) is 23.7 Å². The summed E-state index contributed by atoms with van der Waals surface area (Å²) in [6, 6.07) is 1.81.